The molecule has 23 heavy (non-hydrogen) atoms. The SMILES string of the molecule is Cc1cnc(C)c(N2CCN(Cc3nccn3C(F)F)CC2)n1. The van der Waals surface area contributed by atoms with Crippen molar-refractivity contribution in [2.24, 2.45) is 0 Å². The number of aryl methyl sites for hydroxylation is 2. The van der Waals surface area contributed by atoms with Crippen molar-refractivity contribution in [2.75, 3.05) is 31.1 Å². The Morgan fingerprint density at radius 3 is 2.57 bits per heavy atom. The molecule has 0 bridgehead atoms. The third-order valence-corrected chi connectivity index (χ3v) is 4.05. The van der Waals surface area contributed by atoms with E-state index in [4.69, 9.17) is 0 Å². The molecule has 124 valence electrons. The number of nitrogens with zero attached hydrogens (tertiary/aromatic N) is 6. The molecule has 3 rings (SSSR count). The van der Waals surface area contributed by atoms with Gasteiger partial charge in [0.05, 0.1) is 17.9 Å². The first kappa shape index (κ1) is 15.8. The average molecular weight is 322 g/mol. The summed E-state index contributed by atoms with van der Waals surface area (Å²) in [4.78, 5) is 17.3. The van der Waals surface area contributed by atoms with Gasteiger partial charge < -0.3 is 4.90 Å². The predicted octanol–water partition coefficient (Wildman–Crippen LogP) is 2.01. The second-order valence-corrected chi connectivity index (χ2v) is 5.71. The van der Waals surface area contributed by atoms with Crippen LogP contribution in [0.3, 0.4) is 0 Å². The maximum absolute atomic E-state index is 12.9. The van der Waals surface area contributed by atoms with Crippen molar-refractivity contribution >= 4 is 5.82 Å². The van der Waals surface area contributed by atoms with E-state index < -0.39 is 6.55 Å². The number of aromatic nitrogens is 4. The van der Waals surface area contributed by atoms with E-state index in [9.17, 15) is 8.78 Å². The minimum atomic E-state index is -2.54. The fourth-order valence-electron chi connectivity index (χ4n) is 2.79. The third-order valence-electron chi connectivity index (χ3n) is 4.05. The molecular weight excluding hydrogens is 302 g/mol. The van der Waals surface area contributed by atoms with Gasteiger partial charge in [-0.15, -0.1) is 0 Å². The number of anilines is 1. The quantitative estimate of drug-likeness (QED) is 0.862. The zero-order valence-electron chi connectivity index (χ0n) is 13.3. The largest absolute Gasteiger partial charge is 0.353 e. The van der Waals surface area contributed by atoms with Crippen LogP contribution in [0.15, 0.2) is 18.6 Å². The monoisotopic (exact) mass is 322 g/mol. The molecule has 8 heteroatoms. The van der Waals surface area contributed by atoms with Crippen molar-refractivity contribution in [1.82, 2.24) is 24.4 Å². The molecule has 2 aromatic heterocycles. The van der Waals surface area contributed by atoms with Crippen LogP contribution in [0.1, 0.15) is 23.8 Å². The van der Waals surface area contributed by atoms with Crippen molar-refractivity contribution in [1.29, 1.82) is 0 Å². The highest BCUT2D eigenvalue weighted by molar-refractivity contribution is 5.43. The maximum Gasteiger partial charge on any atom is 0.319 e. The van der Waals surface area contributed by atoms with E-state index in [1.807, 2.05) is 13.8 Å². The Morgan fingerprint density at radius 1 is 1.13 bits per heavy atom. The maximum atomic E-state index is 12.9. The van der Waals surface area contributed by atoms with Crippen LogP contribution in [0.4, 0.5) is 14.6 Å². The van der Waals surface area contributed by atoms with Crippen LogP contribution in [-0.2, 0) is 6.54 Å². The Bertz CT molecular complexity index is 664. The van der Waals surface area contributed by atoms with Crippen LogP contribution in [0.25, 0.3) is 0 Å². The number of halogens is 2. The Hall–Kier alpha value is -2.09. The molecule has 1 saturated heterocycles. The number of alkyl halides is 2. The molecule has 0 amide bonds. The van der Waals surface area contributed by atoms with Crippen LogP contribution in [0.2, 0.25) is 0 Å². The highest BCUT2D eigenvalue weighted by Gasteiger charge is 2.22. The van der Waals surface area contributed by atoms with Gasteiger partial charge in [-0.2, -0.15) is 8.78 Å². The van der Waals surface area contributed by atoms with Crippen LogP contribution < -0.4 is 4.90 Å². The van der Waals surface area contributed by atoms with Crippen LogP contribution >= 0.6 is 0 Å². The molecule has 0 spiro atoms. The number of imidazole rings is 1. The molecule has 3 heterocycles. The van der Waals surface area contributed by atoms with E-state index in [0.717, 1.165) is 48.0 Å². The standard InChI is InChI=1S/C15H20F2N6/c1-11-9-19-12(2)14(20-11)22-7-5-21(6-8-22)10-13-18-3-4-23(13)15(16)17/h3-4,9,15H,5-8,10H2,1-2H3. The third kappa shape index (κ3) is 3.47. The van der Waals surface area contributed by atoms with E-state index in [1.54, 1.807) is 6.20 Å². The van der Waals surface area contributed by atoms with Gasteiger partial charge in [-0.05, 0) is 13.8 Å². The van der Waals surface area contributed by atoms with Gasteiger partial charge in [0.2, 0.25) is 0 Å². The van der Waals surface area contributed by atoms with Gasteiger partial charge >= 0.3 is 6.55 Å². The highest BCUT2D eigenvalue weighted by Crippen LogP contribution is 2.19. The van der Waals surface area contributed by atoms with Crippen molar-refractivity contribution < 1.29 is 8.78 Å². The van der Waals surface area contributed by atoms with Gasteiger partial charge in [-0.25, -0.2) is 9.97 Å². The number of hydrogen-bond acceptors (Lipinski definition) is 5. The van der Waals surface area contributed by atoms with E-state index in [1.165, 1.54) is 12.4 Å². The Labute approximate surface area is 133 Å². The topological polar surface area (TPSA) is 50.1 Å². The lowest BCUT2D eigenvalue weighted by molar-refractivity contribution is 0.0636. The number of hydrogen-bond donors (Lipinski definition) is 0. The second-order valence-electron chi connectivity index (χ2n) is 5.71. The first-order valence-electron chi connectivity index (χ1n) is 7.62. The lowest BCUT2D eigenvalue weighted by Crippen LogP contribution is -2.46. The fourth-order valence-corrected chi connectivity index (χ4v) is 2.79. The summed E-state index contributed by atoms with van der Waals surface area (Å²) in [6.07, 6.45) is 4.50. The van der Waals surface area contributed by atoms with Crippen molar-refractivity contribution in [3.63, 3.8) is 0 Å². The molecule has 0 aliphatic carbocycles. The Kier molecular flexibility index (Phi) is 4.51. The molecule has 0 aromatic carbocycles. The lowest BCUT2D eigenvalue weighted by Gasteiger charge is -2.35. The first-order valence-corrected chi connectivity index (χ1v) is 7.62. The minimum Gasteiger partial charge on any atom is -0.353 e. The molecule has 0 N–H and O–H groups in total. The van der Waals surface area contributed by atoms with Crippen LogP contribution in [0.5, 0.6) is 0 Å². The average Bonchev–Trinajstić information content (AvgIpc) is 2.99. The van der Waals surface area contributed by atoms with Gasteiger partial charge in [-0.1, -0.05) is 0 Å². The first-order chi connectivity index (χ1) is 11.0. The Balaban J connectivity index is 1.62. The molecule has 6 nitrogen and oxygen atoms in total. The molecule has 2 aromatic rings. The zero-order valence-corrected chi connectivity index (χ0v) is 13.3. The van der Waals surface area contributed by atoms with Crippen molar-refractivity contribution in [2.45, 2.75) is 26.9 Å². The molecule has 1 fully saturated rings. The summed E-state index contributed by atoms with van der Waals surface area (Å²) in [5.74, 6) is 1.32. The number of rotatable bonds is 4. The molecule has 1 aliphatic heterocycles. The smallest absolute Gasteiger partial charge is 0.319 e. The van der Waals surface area contributed by atoms with Crippen molar-refractivity contribution in [3.8, 4) is 0 Å². The normalized spacial score (nSPS) is 16.3. The van der Waals surface area contributed by atoms with E-state index >= 15 is 0 Å². The molecule has 0 unspecified atom stereocenters. The second kappa shape index (κ2) is 6.57. The molecule has 0 saturated carbocycles. The Morgan fingerprint density at radius 2 is 1.87 bits per heavy atom. The number of piperazine rings is 1. The molecular formula is C15H20F2N6. The summed E-state index contributed by atoms with van der Waals surface area (Å²) in [6.45, 7) is 4.94. The summed E-state index contributed by atoms with van der Waals surface area (Å²) < 4.78 is 26.6. The van der Waals surface area contributed by atoms with E-state index in [-0.39, 0.29) is 0 Å². The summed E-state index contributed by atoms with van der Waals surface area (Å²) in [5.41, 5.74) is 1.81. The molecule has 0 atom stereocenters. The summed E-state index contributed by atoms with van der Waals surface area (Å²) >= 11 is 0. The summed E-state index contributed by atoms with van der Waals surface area (Å²) in [7, 11) is 0. The van der Waals surface area contributed by atoms with E-state index in [0.29, 0.717) is 12.4 Å². The van der Waals surface area contributed by atoms with Gasteiger partial charge in [0.15, 0.2) is 0 Å². The minimum absolute atomic E-state index is 0.403. The zero-order chi connectivity index (χ0) is 16.4. The van der Waals surface area contributed by atoms with Crippen molar-refractivity contribution in [3.05, 3.63) is 35.8 Å². The van der Waals surface area contributed by atoms with Gasteiger partial charge in [0.1, 0.15) is 11.6 Å². The van der Waals surface area contributed by atoms with Gasteiger partial charge in [-0.3, -0.25) is 14.5 Å². The van der Waals surface area contributed by atoms with Gasteiger partial charge in [0.25, 0.3) is 0 Å². The molecule has 1 aliphatic rings. The van der Waals surface area contributed by atoms with Gasteiger partial charge in [0, 0.05) is 44.8 Å². The molecule has 0 radical (unpaired) electrons. The van der Waals surface area contributed by atoms with Crippen LogP contribution in [0, 0.1) is 13.8 Å². The predicted molar refractivity (Wildman–Crippen MR) is 82.5 cm³/mol. The highest BCUT2D eigenvalue weighted by atomic mass is 19.3. The van der Waals surface area contributed by atoms with E-state index in [2.05, 4.69) is 24.8 Å². The summed E-state index contributed by atoms with van der Waals surface area (Å²) in [6, 6.07) is 0. The lowest BCUT2D eigenvalue weighted by atomic mass is 10.3. The summed E-state index contributed by atoms with van der Waals surface area (Å²) in [5, 5.41) is 0. The van der Waals surface area contributed by atoms with Crippen LogP contribution in [-0.4, -0.2) is 50.6 Å². The fraction of sp³-hybridized carbons (Fsp3) is 0.533.